The van der Waals surface area contributed by atoms with Crippen LogP contribution in [-0.2, 0) is 19.2 Å². The van der Waals surface area contributed by atoms with Gasteiger partial charge in [0.15, 0.2) is 5.78 Å². The van der Waals surface area contributed by atoms with Crippen LogP contribution in [0, 0.1) is 5.21 Å². The van der Waals surface area contributed by atoms with Gasteiger partial charge < -0.3 is 19.5 Å². The number of benzene rings is 1. The highest BCUT2D eigenvalue weighted by molar-refractivity contribution is 5.93. The Balaban J connectivity index is 1.89. The molecule has 0 N–H and O–H groups in total. The third-order valence-electron chi connectivity index (χ3n) is 3.64. The summed E-state index contributed by atoms with van der Waals surface area (Å²) in [5.41, 5.74) is 0.0291. The second-order valence-electron chi connectivity index (χ2n) is 5.53. The highest BCUT2D eigenvalue weighted by Crippen LogP contribution is 2.20. The zero-order chi connectivity index (χ0) is 19.1. The second kappa shape index (κ2) is 8.79. The number of para-hydroxylation sites is 1. The molecular weight excluding hydrogens is 346 g/mol. The molecule has 26 heavy (non-hydrogen) atoms. The minimum absolute atomic E-state index is 0.0291. The Morgan fingerprint density at radius 1 is 1.31 bits per heavy atom. The monoisotopic (exact) mass is 365 g/mol. The Hall–Kier alpha value is -3.17. The maximum atomic E-state index is 12.0. The zero-order valence-electron chi connectivity index (χ0n) is 14.4. The molecule has 0 amide bonds. The lowest BCUT2D eigenvalue weighted by atomic mass is 10.2. The van der Waals surface area contributed by atoms with Gasteiger partial charge in [0.25, 0.3) is 6.79 Å². The van der Waals surface area contributed by atoms with Gasteiger partial charge in [0.05, 0.1) is 11.5 Å². The van der Waals surface area contributed by atoms with Gasteiger partial charge in [-0.3, -0.25) is 9.59 Å². The van der Waals surface area contributed by atoms with Gasteiger partial charge in [-0.05, 0) is 31.9 Å². The van der Waals surface area contributed by atoms with Crippen LogP contribution in [0.1, 0.15) is 37.0 Å². The van der Waals surface area contributed by atoms with E-state index < -0.39 is 24.8 Å². The average Bonchev–Trinajstić information content (AvgIpc) is 3.08. The summed E-state index contributed by atoms with van der Waals surface area (Å²) in [5, 5.41) is 16.4. The van der Waals surface area contributed by atoms with Crippen molar-refractivity contribution in [3.05, 3.63) is 35.0 Å². The van der Waals surface area contributed by atoms with Crippen molar-refractivity contribution >= 4 is 17.7 Å². The number of ether oxygens (including phenoxy) is 2. The summed E-state index contributed by atoms with van der Waals surface area (Å²) in [6, 6.07) is 5.50. The SMILES string of the molecule is CC(=O)Oc1ccccc1C(=O)OCO/N=[N+](\[O-])N1CCC[C@H]1C(C)=O. The van der Waals surface area contributed by atoms with Crippen molar-refractivity contribution in [1.82, 2.24) is 5.01 Å². The number of esters is 2. The van der Waals surface area contributed by atoms with Crippen LogP contribution in [0.2, 0.25) is 0 Å². The Bertz CT molecular complexity index is 720. The molecule has 1 saturated heterocycles. The molecule has 1 atom stereocenters. The highest BCUT2D eigenvalue weighted by atomic mass is 16.8. The molecule has 10 heteroatoms. The number of rotatable bonds is 7. The van der Waals surface area contributed by atoms with E-state index in [1.807, 2.05) is 0 Å². The number of hydrazine groups is 1. The van der Waals surface area contributed by atoms with Crippen LogP contribution in [0.4, 0.5) is 0 Å². The topological polar surface area (TPSA) is 121 Å². The smallest absolute Gasteiger partial charge is 0.344 e. The van der Waals surface area contributed by atoms with Crippen molar-refractivity contribution in [2.75, 3.05) is 13.3 Å². The summed E-state index contributed by atoms with van der Waals surface area (Å²) in [6.07, 6.45) is 1.27. The molecule has 1 aliphatic heterocycles. The Labute approximate surface area is 149 Å². The summed E-state index contributed by atoms with van der Waals surface area (Å²) in [5.74, 6) is -1.47. The molecule has 0 unspecified atom stereocenters. The predicted octanol–water partition coefficient (Wildman–Crippen LogP) is 1.59. The standard InChI is InChI=1S/C16H19N3O7/c1-11(20)14-7-5-9-18(14)19(23)17-25-10-24-16(22)13-6-3-4-8-15(13)26-12(2)21/h3-4,6,8,14H,5,7,9-10H2,1-2H3/b19-17-/t14-/m0/s1. The van der Waals surface area contributed by atoms with Gasteiger partial charge in [-0.15, -0.1) is 5.01 Å². The predicted molar refractivity (Wildman–Crippen MR) is 85.6 cm³/mol. The number of carbonyl (C=O) groups excluding carboxylic acids is 3. The number of hydrogen-bond donors (Lipinski definition) is 0. The second-order valence-corrected chi connectivity index (χ2v) is 5.53. The molecule has 2 rings (SSSR count). The van der Waals surface area contributed by atoms with Crippen LogP contribution in [0.5, 0.6) is 5.75 Å². The summed E-state index contributed by atoms with van der Waals surface area (Å²) in [4.78, 5) is 39.4. The molecule has 0 bridgehead atoms. The first-order valence-electron chi connectivity index (χ1n) is 7.92. The van der Waals surface area contributed by atoms with Crippen molar-refractivity contribution in [3.8, 4) is 5.75 Å². The highest BCUT2D eigenvalue weighted by Gasteiger charge is 2.34. The van der Waals surface area contributed by atoms with Gasteiger partial charge in [0.2, 0.25) is 5.28 Å². The fourth-order valence-corrected chi connectivity index (χ4v) is 2.53. The number of ketones is 1. The van der Waals surface area contributed by atoms with Crippen LogP contribution >= 0.6 is 0 Å². The molecular formula is C16H19N3O7. The first-order chi connectivity index (χ1) is 12.4. The van der Waals surface area contributed by atoms with Crippen LogP contribution < -0.4 is 4.74 Å². The summed E-state index contributed by atoms with van der Waals surface area (Å²) in [6.45, 7) is 2.38. The molecule has 0 aliphatic carbocycles. The molecule has 10 nitrogen and oxygen atoms in total. The lowest BCUT2D eigenvalue weighted by Crippen LogP contribution is -2.39. The average molecular weight is 365 g/mol. The molecule has 0 saturated carbocycles. The van der Waals surface area contributed by atoms with Crippen molar-refractivity contribution in [2.45, 2.75) is 32.7 Å². The number of carbonyl (C=O) groups is 3. The Kier molecular flexibility index (Phi) is 6.48. The van der Waals surface area contributed by atoms with Gasteiger partial charge in [-0.2, -0.15) is 0 Å². The van der Waals surface area contributed by atoms with E-state index in [1.165, 1.54) is 31.0 Å². The number of hydrogen-bond acceptors (Lipinski definition) is 8. The van der Waals surface area contributed by atoms with Gasteiger partial charge in [0.1, 0.15) is 17.4 Å². The van der Waals surface area contributed by atoms with E-state index in [-0.39, 0.29) is 22.1 Å². The van der Waals surface area contributed by atoms with Crippen molar-refractivity contribution < 1.29 is 33.7 Å². The van der Waals surface area contributed by atoms with E-state index in [0.29, 0.717) is 19.4 Å². The van der Waals surface area contributed by atoms with E-state index in [9.17, 15) is 19.6 Å². The van der Waals surface area contributed by atoms with Gasteiger partial charge in [-0.25, -0.2) is 4.79 Å². The van der Waals surface area contributed by atoms with Crippen molar-refractivity contribution in [2.24, 2.45) is 5.28 Å². The Morgan fingerprint density at radius 2 is 2.04 bits per heavy atom. The van der Waals surface area contributed by atoms with E-state index in [4.69, 9.17) is 9.47 Å². The molecule has 0 spiro atoms. The maximum absolute atomic E-state index is 12.0. The summed E-state index contributed by atoms with van der Waals surface area (Å²) in [7, 11) is 0. The van der Waals surface area contributed by atoms with Gasteiger partial charge >= 0.3 is 11.9 Å². The minimum Gasteiger partial charge on any atom is -0.569 e. The quantitative estimate of drug-likeness (QED) is 0.136. The molecule has 1 aromatic carbocycles. The van der Waals surface area contributed by atoms with E-state index in [2.05, 4.69) is 10.1 Å². The maximum Gasteiger partial charge on any atom is 0.344 e. The largest absolute Gasteiger partial charge is 0.569 e. The van der Waals surface area contributed by atoms with Gasteiger partial charge in [-0.1, -0.05) is 12.1 Å². The molecule has 1 aliphatic rings. The van der Waals surface area contributed by atoms with Crippen LogP contribution in [0.15, 0.2) is 29.5 Å². The summed E-state index contributed by atoms with van der Waals surface area (Å²) < 4.78 is 9.75. The van der Waals surface area contributed by atoms with E-state index >= 15 is 0 Å². The first kappa shape index (κ1) is 19.2. The lowest BCUT2D eigenvalue weighted by Gasteiger charge is -2.17. The molecule has 1 fully saturated rings. The zero-order valence-corrected chi connectivity index (χ0v) is 14.4. The molecule has 0 radical (unpaired) electrons. The molecule has 0 aromatic heterocycles. The van der Waals surface area contributed by atoms with Crippen molar-refractivity contribution in [3.63, 3.8) is 0 Å². The third-order valence-corrected chi connectivity index (χ3v) is 3.64. The molecule has 140 valence electrons. The van der Waals surface area contributed by atoms with E-state index in [0.717, 1.165) is 0 Å². The minimum atomic E-state index is -0.808. The Morgan fingerprint density at radius 3 is 2.73 bits per heavy atom. The first-order valence-corrected chi connectivity index (χ1v) is 7.92. The number of Topliss-reactive ketones (excluding diaryl/α,β-unsaturated/α-hetero) is 1. The lowest BCUT2D eigenvalue weighted by molar-refractivity contribution is -0.712. The van der Waals surface area contributed by atoms with Crippen LogP contribution in [0.25, 0.3) is 0 Å². The van der Waals surface area contributed by atoms with Crippen LogP contribution in [0.3, 0.4) is 0 Å². The van der Waals surface area contributed by atoms with Crippen LogP contribution in [-0.4, -0.2) is 47.1 Å². The normalized spacial score (nSPS) is 16.9. The number of nitrogens with zero attached hydrogens (tertiary/aromatic N) is 3. The fraction of sp³-hybridized carbons (Fsp3) is 0.438. The molecule has 1 aromatic rings. The third kappa shape index (κ3) is 4.91. The van der Waals surface area contributed by atoms with Gasteiger partial charge in [0, 0.05) is 6.92 Å². The van der Waals surface area contributed by atoms with Crippen molar-refractivity contribution in [1.29, 1.82) is 0 Å². The molecule has 1 heterocycles. The fourth-order valence-electron chi connectivity index (χ4n) is 2.53. The van der Waals surface area contributed by atoms with E-state index in [1.54, 1.807) is 12.1 Å². The summed E-state index contributed by atoms with van der Waals surface area (Å²) >= 11 is 0.